The number of nitrogens with zero attached hydrogens (tertiary/aromatic N) is 1. The predicted octanol–water partition coefficient (Wildman–Crippen LogP) is 1.65. The van der Waals surface area contributed by atoms with Gasteiger partial charge in [0.1, 0.15) is 0 Å². The van der Waals surface area contributed by atoms with Crippen LogP contribution < -0.4 is 5.32 Å². The van der Waals surface area contributed by atoms with E-state index < -0.39 is 6.10 Å². The Bertz CT molecular complexity index is 400. The van der Waals surface area contributed by atoms with E-state index in [-0.39, 0.29) is 17.9 Å². The average Bonchev–Trinajstić information content (AvgIpc) is 2.52. The SMILES string of the molecule is CCC(C)(C)[C@H]1CNC[C@H](OC[C@H]2C[C@H](O)CN(C(C)=O)C2)C1. The molecular weight excluding hydrogens is 292 g/mol. The van der Waals surface area contributed by atoms with Crippen LogP contribution in [0.3, 0.4) is 0 Å². The molecule has 0 unspecified atom stereocenters. The topological polar surface area (TPSA) is 61.8 Å². The van der Waals surface area contributed by atoms with Crippen LogP contribution in [0.15, 0.2) is 0 Å². The van der Waals surface area contributed by atoms with Crippen LogP contribution in [-0.2, 0) is 9.53 Å². The van der Waals surface area contributed by atoms with Gasteiger partial charge in [0.05, 0.1) is 18.8 Å². The maximum Gasteiger partial charge on any atom is 0.219 e. The zero-order chi connectivity index (χ0) is 17.0. The number of piperidine rings is 2. The molecule has 5 heteroatoms. The molecule has 0 radical (unpaired) electrons. The lowest BCUT2D eigenvalue weighted by atomic mass is 9.73. The molecule has 0 aromatic carbocycles. The fourth-order valence-corrected chi connectivity index (χ4v) is 3.74. The van der Waals surface area contributed by atoms with Crippen LogP contribution >= 0.6 is 0 Å². The summed E-state index contributed by atoms with van der Waals surface area (Å²) in [5.74, 6) is 0.914. The number of ether oxygens (including phenoxy) is 1. The van der Waals surface area contributed by atoms with Crippen molar-refractivity contribution in [2.45, 2.75) is 59.2 Å². The molecule has 0 saturated carbocycles. The highest BCUT2D eigenvalue weighted by Gasteiger charge is 2.34. The van der Waals surface area contributed by atoms with Crippen LogP contribution in [0.4, 0.5) is 0 Å². The molecule has 134 valence electrons. The largest absolute Gasteiger partial charge is 0.391 e. The molecule has 1 amide bonds. The summed E-state index contributed by atoms with van der Waals surface area (Å²) in [6, 6.07) is 0. The van der Waals surface area contributed by atoms with Gasteiger partial charge in [0, 0.05) is 32.5 Å². The number of hydrogen-bond acceptors (Lipinski definition) is 4. The maximum absolute atomic E-state index is 11.5. The second-order valence-corrected chi connectivity index (χ2v) is 8.07. The first-order valence-electron chi connectivity index (χ1n) is 9.07. The van der Waals surface area contributed by atoms with Crippen molar-refractivity contribution >= 4 is 5.91 Å². The summed E-state index contributed by atoms with van der Waals surface area (Å²) < 4.78 is 6.16. The Morgan fingerprint density at radius 2 is 2.04 bits per heavy atom. The van der Waals surface area contributed by atoms with E-state index in [0.717, 1.165) is 25.9 Å². The van der Waals surface area contributed by atoms with Gasteiger partial charge in [-0.2, -0.15) is 0 Å². The Morgan fingerprint density at radius 3 is 2.70 bits per heavy atom. The Morgan fingerprint density at radius 1 is 1.30 bits per heavy atom. The second-order valence-electron chi connectivity index (χ2n) is 8.07. The molecule has 0 aromatic rings. The average molecular weight is 326 g/mol. The third-order valence-electron chi connectivity index (χ3n) is 5.85. The lowest BCUT2D eigenvalue weighted by molar-refractivity contribution is -0.134. The number of likely N-dealkylation sites (tertiary alicyclic amines) is 1. The van der Waals surface area contributed by atoms with E-state index >= 15 is 0 Å². The van der Waals surface area contributed by atoms with Crippen molar-refractivity contribution in [3.63, 3.8) is 0 Å². The predicted molar refractivity (Wildman–Crippen MR) is 91.2 cm³/mol. The molecule has 2 N–H and O–H groups in total. The third kappa shape index (κ3) is 5.16. The Hall–Kier alpha value is -0.650. The fraction of sp³-hybridized carbons (Fsp3) is 0.944. The molecular formula is C18H34N2O3. The van der Waals surface area contributed by atoms with Gasteiger partial charge in [-0.1, -0.05) is 27.2 Å². The summed E-state index contributed by atoms with van der Waals surface area (Å²) in [5, 5.41) is 13.5. The molecule has 5 nitrogen and oxygen atoms in total. The number of β-amino-alcohol motifs (C(OH)–C–C–N with tert-alkyl or cyclic N) is 1. The molecule has 2 saturated heterocycles. The first kappa shape index (κ1) is 18.7. The lowest BCUT2D eigenvalue weighted by Crippen LogP contribution is -2.48. The van der Waals surface area contributed by atoms with E-state index in [2.05, 4.69) is 26.1 Å². The first-order chi connectivity index (χ1) is 10.8. The van der Waals surface area contributed by atoms with Gasteiger partial charge >= 0.3 is 0 Å². The highest BCUT2D eigenvalue weighted by molar-refractivity contribution is 5.73. The highest BCUT2D eigenvalue weighted by Crippen LogP contribution is 2.35. The second kappa shape index (κ2) is 7.95. The van der Waals surface area contributed by atoms with Crippen molar-refractivity contribution in [2.24, 2.45) is 17.3 Å². The normalized spacial score (nSPS) is 32.8. The van der Waals surface area contributed by atoms with Crippen LogP contribution in [-0.4, -0.2) is 60.9 Å². The third-order valence-corrected chi connectivity index (χ3v) is 5.85. The number of carbonyl (C=O) groups is 1. The summed E-state index contributed by atoms with van der Waals surface area (Å²) in [4.78, 5) is 13.3. The molecule has 0 spiro atoms. The molecule has 2 aliphatic rings. The molecule has 2 fully saturated rings. The summed E-state index contributed by atoms with van der Waals surface area (Å²) >= 11 is 0. The molecule has 2 heterocycles. The number of aliphatic hydroxyl groups excluding tert-OH is 1. The number of hydrogen-bond donors (Lipinski definition) is 2. The summed E-state index contributed by atoms with van der Waals surface area (Å²) in [6.07, 6.45) is 2.82. The Kier molecular flexibility index (Phi) is 6.46. The van der Waals surface area contributed by atoms with Gasteiger partial charge in [-0.3, -0.25) is 4.79 Å². The van der Waals surface area contributed by atoms with E-state index in [1.165, 1.54) is 6.42 Å². The van der Waals surface area contributed by atoms with Gasteiger partial charge in [0.15, 0.2) is 0 Å². The van der Waals surface area contributed by atoms with Crippen molar-refractivity contribution in [3.8, 4) is 0 Å². The highest BCUT2D eigenvalue weighted by atomic mass is 16.5. The lowest BCUT2D eigenvalue weighted by Gasteiger charge is -2.40. The van der Waals surface area contributed by atoms with Gasteiger partial charge in [-0.05, 0) is 30.7 Å². The maximum atomic E-state index is 11.5. The number of nitrogens with one attached hydrogen (secondary N) is 1. The smallest absolute Gasteiger partial charge is 0.219 e. The van der Waals surface area contributed by atoms with Crippen molar-refractivity contribution in [2.75, 3.05) is 32.8 Å². The van der Waals surface area contributed by atoms with E-state index in [0.29, 0.717) is 31.0 Å². The summed E-state index contributed by atoms with van der Waals surface area (Å²) in [5.41, 5.74) is 0.335. The van der Waals surface area contributed by atoms with Crippen molar-refractivity contribution in [1.29, 1.82) is 0 Å². The molecule has 0 bridgehead atoms. The van der Waals surface area contributed by atoms with Crippen LogP contribution in [0.5, 0.6) is 0 Å². The number of carbonyl (C=O) groups excluding carboxylic acids is 1. The minimum atomic E-state index is -0.419. The molecule has 4 atom stereocenters. The zero-order valence-electron chi connectivity index (χ0n) is 15.2. The Balaban J connectivity index is 1.82. The minimum Gasteiger partial charge on any atom is -0.391 e. The summed E-state index contributed by atoms with van der Waals surface area (Å²) in [7, 11) is 0. The van der Waals surface area contributed by atoms with E-state index in [1.54, 1.807) is 11.8 Å². The van der Waals surface area contributed by atoms with Crippen LogP contribution in [0, 0.1) is 17.3 Å². The molecule has 2 aliphatic heterocycles. The van der Waals surface area contributed by atoms with E-state index in [4.69, 9.17) is 4.74 Å². The quantitative estimate of drug-likeness (QED) is 0.806. The van der Waals surface area contributed by atoms with Gasteiger partial charge in [0.2, 0.25) is 5.91 Å². The van der Waals surface area contributed by atoms with Crippen LogP contribution in [0.1, 0.15) is 47.0 Å². The van der Waals surface area contributed by atoms with Crippen molar-refractivity contribution in [3.05, 3.63) is 0 Å². The van der Waals surface area contributed by atoms with Gasteiger partial charge < -0.3 is 20.1 Å². The summed E-state index contributed by atoms with van der Waals surface area (Å²) in [6.45, 7) is 12.3. The van der Waals surface area contributed by atoms with Crippen LogP contribution in [0.2, 0.25) is 0 Å². The van der Waals surface area contributed by atoms with Crippen LogP contribution in [0.25, 0.3) is 0 Å². The van der Waals surface area contributed by atoms with Crippen molar-refractivity contribution < 1.29 is 14.6 Å². The molecule has 2 rings (SSSR count). The number of rotatable bonds is 5. The van der Waals surface area contributed by atoms with Gasteiger partial charge in [-0.15, -0.1) is 0 Å². The van der Waals surface area contributed by atoms with E-state index in [1.807, 2.05) is 0 Å². The van der Waals surface area contributed by atoms with Crippen molar-refractivity contribution in [1.82, 2.24) is 10.2 Å². The standard InChI is InChI=1S/C18H34N2O3/c1-5-18(3,4)15-7-17(9-19-8-15)23-12-14-6-16(22)11-20(10-14)13(2)21/h14-17,19,22H,5-12H2,1-4H3/t14-,15+,16-,17+/m0/s1. The monoisotopic (exact) mass is 326 g/mol. The molecule has 23 heavy (non-hydrogen) atoms. The number of amides is 1. The molecule has 0 aliphatic carbocycles. The Labute approximate surface area is 140 Å². The van der Waals surface area contributed by atoms with E-state index in [9.17, 15) is 9.90 Å². The van der Waals surface area contributed by atoms with Gasteiger partial charge in [-0.25, -0.2) is 0 Å². The first-order valence-corrected chi connectivity index (χ1v) is 9.07. The fourth-order valence-electron chi connectivity index (χ4n) is 3.74. The zero-order valence-corrected chi connectivity index (χ0v) is 15.2. The van der Waals surface area contributed by atoms with Gasteiger partial charge in [0.25, 0.3) is 0 Å². The number of aliphatic hydroxyl groups is 1. The molecule has 0 aromatic heterocycles. The minimum absolute atomic E-state index is 0.0397.